The van der Waals surface area contributed by atoms with Gasteiger partial charge in [0.1, 0.15) is 0 Å². The second-order valence-corrected chi connectivity index (χ2v) is 7.18. The van der Waals surface area contributed by atoms with E-state index >= 15 is 0 Å². The number of aryl methyl sites for hydroxylation is 1. The van der Waals surface area contributed by atoms with E-state index in [1.165, 1.54) is 4.90 Å². The molecule has 0 fully saturated rings. The number of oxime groups is 1. The summed E-state index contributed by atoms with van der Waals surface area (Å²) in [6, 6.07) is 12.0. The maximum Gasteiger partial charge on any atom is 0.466 e. The van der Waals surface area contributed by atoms with Gasteiger partial charge in [0.05, 0.1) is 0 Å². The fourth-order valence-electron chi connectivity index (χ4n) is 2.81. The van der Waals surface area contributed by atoms with Crippen molar-refractivity contribution in [1.29, 1.82) is 0 Å². The van der Waals surface area contributed by atoms with Crippen molar-refractivity contribution in [2.75, 3.05) is 6.54 Å². The van der Waals surface area contributed by atoms with Gasteiger partial charge in [-0.15, -0.1) is 0 Å². The lowest BCUT2D eigenvalue weighted by atomic mass is 9.97. The van der Waals surface area contributed by atoms with Gasteiger partial charge in [-0.3, -0.25) is 14.2 Å². The highest BCUT2D eigenvalue weighted by Gasteiger charge is 2.30. The molecule has 26 heavy (non-hydrogen) atoms. The third-order valence-corrected chi connectivity index (χ3v) is 4.51. The van der Waals surface area contributed by atoms with E-state index in [4.69, 9.17) is 16.2 Å². The molecule has 1 amide bonds. The van der Waals surface area contributed by atoms with Crippen LogP contribution in [0.1, 0.15) is 27.0 Å². The maximum atomic E-state index is 13.0. The molecule has 136 valence electrons. The molecule has 1 aliphatic rings. The summed E-state index contributed by atoms with van der Waals surface area (Å²) < 4.78 is 34.9. The first kappa shape index (κ1) is 18.4. The van der Waals surface area contributed by atoms with Gasteiger partial charge in [0.2, 0.25) is 0 Å². The molecule has 3 rings (SSSR count). The van der Waals surface area contributed by atoms with Gasteiger partial charge in [0, 0.05) is 22.7 Å². The average Bonchev–Trinajstić information content (AvgIpc) is 2.58. The third kappa shape index (κ3) is 3.87. The lowest BCUT2D eigenvalue weighted by Gasteiger charge is -2.30. The molecule has 0 aliphatic carbocycles. The number of carbonyl (C=O) groups excluding carboxylic acids is 1. The summed E-state index contributed by atoms with van der Waals surface area (Å²) in [5.74, 6) is -0.352. The predicted molar refractivity (Wildman–Crippen MR) is 96.5 cm³/mol. The van der Waals surface area contributed by atoms with Gasteiger partial charge in [0.25, 0.3) is 5.91 Å². The Kier molecular flexibility index (Phi) is 4.99. The van der Waals surface area contributed by atoms with Crippen LogP contribution in [0, 0.1) is 6.92 Å². The summed E-state index contributed by atoms with van der Waals surface area (Å²) in [4.78, 5) is 14.3. The summed E-state index contributed by atoms with van der Waals surface area (Å²) in [6.45, 7) is 2.06. The summed E-state index contributed by atoms with van der Waals surface area (Å²) in [7, 11) is -4.81. The van der Waals surface area contributed by atoms with Crippen molar-refractivity contribution in [3.63, 3.8) is 0 Å². The molecule has 0 unspecified atom stereocenters. The number of hydrogen-bond acceptors (Lipinski definition) is 5. The Morgan fingerprint density at radius 3 is 2.69 bits per heavy atom. The van der Waals surface area contributed by atoms with Crippen molar-refractivity contribution in [3.05, 3.63) is 69.7 Å². The molecular weight excluding hydrogens is 380 g/mol. The van der Waals surface area contributed by atoms with Crippen LogP contribution in [0.3, 0.4) is 0 Å². The standard InChI is InChI=1S/C17H15ClN2O5S/c1-11-4-2-3-5-14(11)17(21)20-9-8-12-10-13(18)6-7-15(12)16(20)19-25-26(22,23)24/h2-7,10H,8-9H2,1H3,(H,22,23,24)/b19-16-. The van der Waals surface area contributed by atoms with Gasteiger partial charge in [-0.2, -0.15) is 8.42 Å². The summed E-state index contributed by atoms with van der Waals surface area (Å²) in [6.07, 6.45) is 0.512. The lowest BCUT2D eigenvalue weighted by Crippen LogP contribution is -2.43. The van der Waals surface area contributed by atoms with Crippen LogP contribution in [0.15, 0.2) is 47.6 Å². The number of amidine groups is 1. The van der Waals surface area contributed by atoms with Crippen LogP contribution in [0.2, 0.25) is 5.02 Å². The third-order valence-electron chi connectivity index (χ3n) is 4.01. The van der Waals surface area contributed by atoms with Crippen LogP contribution in [0.25, 0.3) is 0 Å². The Morgan fingerprint density at radius 2 is 2.00 bits per heavy atom. The monoisotopic (exact) mass is 394 g/mol. The normalized spacial score (nSPS) is 15.7. The highest BCUT2D eigenvalue weighted by atomic mass is 35.5. The number of fused-ring (bicyclic) bond motifs is 1. The molecule has 0 radical (unpaired) electrons. The zero-order valence-corrected chi connectivity index (χ0v) is 15.3. The van der Waals surface area contributed by atoms with E-state index in [9.17, 15) is 13.2 Å². The van der Waals surface area contributed by atoms with Crippen molar-refractivity contribution in [2.24, 2.45) is 5.16 Å². The topological polar surface area (TPSA) is 96.3 Å². The molecule has 2 aromatic carbocycles. The Labute approximate surface area is 155 Å². The molecule has 1 heterocycles. The summed E-state index contributed by atoms with van der Waals surface area (Å²) >= 11 is 6.00. The zero-order valence-electron chi connectivity index (χ0n) is 13.7. The number of hydrogen-bond donors (Lipinski definition) is 1. The van der Waals surface area contributed by atoms with Crippen molar-refractivity contribution < 1.29 is 22.0 Å². The van der Waals surface area contributed by atoms with Gasteiger partial charge in [-0.1, -0.05) is 29.8 Å². The van der Waals surface area contributed by atoms with Crippen LogP contribution in [0.4, 0.5) is 0 Å². The Morgan fingerprint density at radius 1 is 1.27 bits per heavy atom. The van der Waals surface area contributed by atoms with E-state index < -0.39 is 10.4 Å². The Balaban J connectivity index is 2.08. The minimum atomic E-state index is -4.81. The predicted octanol–water partition coefficient (Wildman–Crippen LogP) is 2.83. The molecule has 0 atom stereocenters. The van der Waals surface area contributed by atoms with E-state index in [1.54, 1.807) is 43.3 Å². The highest BCUT2D eigenvalue weighted by Crippen LogP contribution is 2.25. The molecular formula is C17H15ClN2O5S. The zero-order chi connectivity index (χ0) is 18.9. The number of halogens is 1. The fourth-order valence-corrected chi connectivity index (χ4v) is 3.17. The molecule has 7 nitrogen and oxygen atoms in total. The number of rotatable bonds is 3. The average molecular weight is 395 g/mol. The van der Waals surface area contributed by atoms with E-state index in [0.717, 1.165) is 11.1 Å². The number of nitrogens with zero attached hydrogens (tertiary/aromatic N) is 2. The van der Waals surface area contributed by atoms with Gasteiger partial charge in [0.15, 0.2) is 5.84 Å². The van der Waals surface area contributed by atoms with Crippen LogP contribution in [-0.4, -0.2) is 36.2 Å². The molecule has 0 saturated heterocycles. The van der Waals surface area contributed by atoms with Crippen molar-refractivity contribution in [1.82, 2.24) is 4.90 Å². The molecule has 0 bridgehead atoms. The first-order valence-electron chi connectivity index (χ1n) is 7.66. The van der Waals surface area contributed by atoms with E-state index in [0.29, 0.717) is 22.6 Å². The van der Waals surface area contributed by atoms with Gasteiger partial charge < -0.3 is 0 Å². The quantitative estimate of drug-likeness (QED) is 0.637. The molecule has 0 aromatic heterocycles. The number of amides is 1. The minimum absolute atomic E-state index is 0.00575. The molecule has 9 heteroatoms. The van der Waals surface area contributed by atoms with Crippen LogP contribution in [0.5, 0.6) is 0 Å². The number of carbonyl (C=O) groups is 1. The molecule has 2 aromatic rings. The van der Waals surface area contributed by atoms with Gasteiger partial charge in [-0.05, 0) is 53.9 Å². The first-order valence-corrected chi connectivity index (χ1v) is 9.41. The minimum Gasteiger partial charge on any atom is -0.289 e. The van der Waals surface area contributed by atoms with Crippen LogP contribution in [-0.2, 0) is 21.1 Å². The smallest absolute Gasteiger partial charge is 0.289 e. The van der Waals surface area contributed by atoms with Gasteiger partial charge >= 0.3 is 10.4 Å². The first-order chi connectivity index (χ1) is 12.3. The van der Waals surface area contributed by atoms with E-state index in [2.05, 4.69) is 9.44 Å². The Hall–Kier alpha value is -2.42. The maximum absolute atomic E-state index is 13.0. The summed E-state index contributed by atoms with van der Waals surface area (Å²) in [5.41, 5.74) is 2.54. The summed E-state index contributed by atoms with van der Waals surface area (Å²) in [5, 5.41) is 4.04. The van der Waals surface area contributed by atoms with E-state index in [-0.39, 0.29) is 18.3 Å². The second-order valence-electron chi connectivity index (χ2n) is 5.74. The van der Waals surface area contributed by atoms with Crippen LogP contribution >= 0.6 is 11.6 Å². The Bertz CT molecular complexity index is 1000. The van der Waals surface area contributed by atoms with Crippen molar-refractivity contribution in [3.8, 4) is 0 Å². The molecule has 1 N–H and O–H groups in total. The fraction of sp³-hybridized carbons (Fsp3) is 0.176. The highest BCUT2D eigenvalue weighted by molar-refractivity contribution is 7.80. The molecule has 0 saturated carbocycles. The molecule has 0 spiro atoms. The lowest BCUT2D eigenvalue weighted by molar-refractivity contribution is 0.0840. The second kappa shape index (κ2) is 7.06. The van der Waals surface area contributed by atoms with E-state index in [1.807, 2.05) is 6.07 Å². The van der Waals surface area contributed by atoms with Crippen LogP contribution < -0.4 is 0 Å². The van der Waals surface area contributed by atoms with Crippen molar-refractivity contribution in [2.45, 2.75) is 13.3 Å². The van der Waals surface area contributed by atoms with Gasteiger partial charge in [-0.25, -0.2) is 4.28 Å². The SMILES string of the molecule is Cc1ccccc1C(=O)N1CCc2cc(Cl)ccc2/C1=N/OS(=O)(=O)O. The number of benzene rings is 2. The van der Waals surface area contributed by atoms with Crippen molar-refractivity contribution >= 4 is 33.7 Å². The largest absolute Gasteiger partial charge is 0.466 e. The molecule has 1 aliphatic heterocycles.